The number of aliphatic hydroxyl groups is 8. The molecule has 12 atom stereocenters. The van der Waals surface area contributed by atoms with Crippen LogP contribution in [0.1, 0.15) is 226 Å². The van der Waals surface area contributed by atoms with Gasteiger partial charge >= 0.3 is 0 Å². The lowest BCUT2D eigenvalue weighted by molar-refractivity contribution is -0.359. The molecule has 0 aliphatic carbocycles. The highest BCUT2D eigenvalue weighted by molar-refractivity contribution is 5.76. The third kappa shape index (κ3) is 33.7. The Hall–Kier alpha value is -2.57. The normalized spacial score (nSPS) is 25.2. The zero-order chi connectivity index (χ0) is 56.0. The van der Waals surface area contributed by atoms with E-state index in [-0.39, 0.29) is 18.9 Å². The van der Waals surface area contributed by atoms with Crippen LogP contribution in [0.5, 0.6) is 0 Å². The second kappa shape index (κ2) is 48.2. The number of unbranched alkanes of at least 4 members (excludes halogenated alkanes) is 25. The maximum absolute atomic E-state index is 13.2. The lowest BCUT2D eigenvalue weighted by atomic mass is 9.97. The SMILES string of the molecule is CC/C=C\C/C=C\C/C=C\C/C=C\CCCCCCCCCCCCCCCCCCCCCCC(=O)NC(COC1OC(CO)C(OC2OC(CO)C(O)C(O)C2O)C(O)C1O)C(O)/C=C/CC/C=C/CCCCCC. The Morgan fingerprint density at radius 1 is 0.481 bits per heavy atom. The van der Waals surface area contributed by atoms with E-state index in [9.17, 15) is 45.6 Å². The molecular weight excluding hydrogens is 979 g/mol. The number of hydrogen-bond acceptors (Lipinski definition) is 13. The smallest absolute Gasteiger partial charge is 0.220 e. The molecule has 2 aliphatic heterocycles. The average Bonchev–Trinajstić information content (AvgIpc) is 3.45. The Morgan fingerprint density at radius 3 is 1.43 bits per heavy atom. The molecule has 12 unspecified atom stereocenters. The van der Waals surface area contributed by atoms with E-state index in [4.69, 9.17) is 18.9 Å². The number of hydrogen-bond donors (Lipinski definition) is 9. The number of ether oxygens (including phenoxy) is 4. The van der Waals surface area contributed by atoms with Crippen molar-refractivity contribution in [3.05, 3.63) is 72.9 Å². The number of rotatable bonds is 48. The first-order valence-electron chi connectivity index (χ1n) is 30.7. The standard InChI is InChI=1S/C63H111NO13/c1-3-5-7-9-11-13-15-16-17-18-19-20-21-22-23-24-25-26-27-28-29-30-31-32-33-34-35-36-37-39-41-43-45-47-55(68)64-51(52(67)46-44-42-40-38-14-12-10-8-6-4-2)50-74-62-60(73)58(71)61(54(49-66)76-62)77-63-59(72)57(70)56(69)53(48-65)75-63/h5,7,11,13-14,16-17,19-20,38,44,46,51-54,56-63,65-67,69-73H,3-4,6,8-10,12,15,18,21-37,39-43,45,47-50H2,1-2H3,(H,64,68)/b7-5-,13-11-,17-16-,20-19-,38-14+,46-44+. The molecule has 9 N–H and O–H groups in total. The second-order valence-corrected chi connectivity index (χ2v) is 21.4. The van der Waals surface area contributed by atoms with E-state index in [2.05, 4.69) is 79.9 Å². The van der Waals surface area contributed by atoms with Crippen molar-refractivity contribution >= 4 is 5.91 Å². The molecule has 77 heavy (non-hydrogen) atoms. The highest BCUT2D eigenvalue weighted by Crippen LogP contribution is 2.30. The predicted octanol–water partition coefficient (Wildman–Crippen LogP) is 10.7. The Labute approximate surface area is 466 Å². The van der Waals surface area contributed by atoms with Crippen LogP contribution in [0.15, 0.2) is 72.9 Å². The quantitative estimate of drug-likeness (QED) is 0.0204. The summed E-state index contributed by atoms with van der Waals surface area (Å²) in [6, 6.07) is -0.931. The Kier molecular flexibility index (Phi) is 44.1. The topological polar surface area (TPSA) is 228 Å². The van der Waals surface area contributed by atoms with Gasteiger partial charge in [0.1, 0.15) is 48.8 Å². The van der Waals surface area contributed by atoms with Crippen molar-refractivity contribution in [3.63, 3.8) is 0 Å². The van der Waals surface area contributed by atoms with Crippen LogP contribution in [0.4, 0.5) is 0 Å². The van der Waals surface area contributed by atoms with Gasteiger partial charge in [-0.15, -0.1) is 0 Å². The molecule has 2 aliphatic rings. The summed E-state index contributed by atoms with van der Waals surface area (Å²) in [6.07, 6.45) is 47.0. The maximum Gasteiger partial charge on any atom is 0.220 e. The van der Waals surface area contributed by atoms with Gasteiger partial charge in [-0.3, -0.25) is 4.79 Å². The van der Waals surface area contributed by atoms with Gasteiger partial charge in [0.15, 0.2) is 12.6 Å². The largest absolute Gasteiger partial charge is 0.394 e. The third-order valence-electron chi connectivity index (χ3n) is 14.6. The predicted molar refractivity (Wildman–Crippen MR) is 309 cm³/mol. The Balaban J connectivity index is 1.61. The molecule has 0 radical (unpaired) electrons. The molecule has 14 nitrogen and oxygen atoms in total. The number of amides is 1. The van der Waals surface area contributed by atoms with Crippen LogP contribution in [0.2, 0.25) is 0 Å². The first kappa shape index (κ1) is 70.5. The molecule has 0 spiro atoms. The van der Waals surface area contributed by atoms with Crippen molar-refractivity contribution in [2.75, 3.05) is 19.8 Å². The van der Waals surface area contributed by atoms with Gasteiger partial charge in [0, 0.05) is 6.42 Å². The molecule has 0 bridgehead atoms. The lowest BCUT2D eigenvalue weighted by Crippen LogP contribution is -2.65. The zero-order valence-corrected chi connectivity index (χ0v) is 47.9. The molecule has 14 heteroatoms. The van der Waals surface area contributed by atoms with Gasteiger partial charge in [-0.05, 0) is 70.6 Å². The van der Waals surface area contributed by atoms with E-state index in [1.165, 1.54) is 135 Å². The molecule has 446 valence electrons. The maximum atomic E-state index is 13.2. The number of aliphatic hydroxyl groups excluding tert-OH is 8. The molecule has 0 aromatic heterocycles. The molecule has 2 saturated heterocycles. The lowest BCUT2D eigenvalue weighted by Gasteiger charge is -2.46. The molecule has 2 rings (SSSR count). The fourth-order valence-corrected chi connectivity index (χ4v) is 9.71. The average molecular weight is 1090 g/mol. The van der Waals surface area contributed by atoms with Gasteiger partial charge in [0.2, 0.25) is 5.91 Å². The second-order valence-electron chi connectivity index (χ2n) is 21.4. The van der Waals surface area contributed by atoms with Crippen molar-refractivity contribution in [3.8, 4) is 0 Å². The Morgan fingerprint density at radius 2 is 0.909 bits per heavy atom. The van der Waals surface area contributed by atoms with Gasteiger partial charge < -0.3 is 65.1 Å². The van der Waals surface area contributed by atoms with E-state index in [0.29, 0.717) is 12.8 Å². The summed E-state index contributed by atoms with van der Waals surface area (Å²) >= 11 is 0. The van der Waals surface area contributed by atoms with E-state index in [1.54, 1.807) is 6.08 Å². The van der Waals surface area contributed by atoms with Crippen molar-refractivity contribution in [1.29, 1.82) is 0 Å². The van der Waals surface area contributed by atoms with E-state index < -0.39 is 86.8 Å². The van der Waals surface area contributed by atoms with Crippen molar-refractivity contribution in [2.24, 2.45) is 0 Å². The van der Waals surface area contributed by atoms with Crippen molar-refractivity contribution in [1.82, 2.24) is 5.32 Å². The number of nitrogens with one attached hydrogen (secondary N) is 1. The summed E-state index contributed by atoms with van der Waals surface area (Å²) in [5.41, 5.74) is 0. The fraction of sp³-hybridized carbons (Fsp3) is 0.794. The number of allylic oxidation sites excluding steroid dienone is 11. The van der Waals surface area contributed by atoms with Crippen molar-refractivity contribution in [2.45, 2.75) is 299 Å². The minimum atomic E-state index is -1.79. The summed E-state index contributed by atoms with van der Waals surface area (Å²) < 4.78 is 22.7. The number of carbonyl (C=O) groups is 1. The zero-order valence-electron chi connectivity index (χ0n) is 47.9. The monoisotopic (exact) mass is 1090 g/mol. The molecule has 2 heterocycles. The van der Waals surface area contributed by atoms with Gasteiger partial charge in [-0.1, -0.05) is 222 Å². The molecule has 1 amide bonds. The first-order chi connectivity index (χ1) is 37.6. The van der Waals surface area contributed by atoms with Gasteiger partial charge in [-0.2, -0.15) is 0 Å². The van der Waals surface area contributed by atoms with Gasteiger partial charge in [0.25, 0.3) is 0 Å². The van der Waals surface area contributed by atoms with Crippen LogP contribution < -0.4 is 5.32 Å². The van der Waals surface area contributed by atoms with Gasteiger partial charge in [0.05, 0.1) is 32.0 Å². The summed E-state index contributed by atoms with van der Waals surface area (Å²) in [5, 5.41) is 86.8. The molecule has 0 saturated carbocycles. The van der Waals surface area contributed by atoms with Crippen molar-refractivity contribution < 1.29 is 64.6 Å². The van der Waals surface area contributed by atoms with Crippen LogP contribution in [0.25, 0.3) is 0 Å². The summed E-state index contributed by atoms with van der Waals surface area (Å²) in [7, 11) is 0. The highest BCUT2D eigenvalue weighted by atomic mass is 16.7. The first-order valence-corrected chi connectivity index (χ1v) is 30.7. The molecule has 0 aromatic rings. The molecule has 0 aromatic carbocycles. The van der Waals surface area contributed by atoms with Gasteiger partial charge in [-0.25, -0.2) is 0 Å². The summed E-state index contributed by atoms with van der Waals surface area (Å²) in [4.78, 5) is 13.2. The summed E-state index contributed by atoms with van der Waals surface area (Å²) in [5.74, 6) is -0.251. The van der Waals surface area contributed by atoms with E-state index in [1.807, 2.05) is 6.08 Å². The van der Waals surface area contributed by atoms with Crippen LogP contribution in [-0.4, -0.2) is 140 Å². The van der Waals surface area contributed by atoms with Crippen LogP contribution in [-0.2, 0) is 23.7 Å². The third-order valence-corrected chi connectivity index (χ3v) is 14.6. The van der Waals surface area contributed by atoms with Crippen LogP contribution >= 0.6 is 0 Å². The molecular formula is C63H111NO13. The Bertz CT molecular complexity index is 1570. The minimum absolute atomic E-state index is 0.251. The van der Waals surface area contributed by atoms with E-state index in [0.717, 1.165) is 57.8 Å². The van der Waals surface area contributed by atoms with E-state index >= 15 is 0 Å². The number of carbonyl (C=O) groups excluding carboxylic acids is 1. The summed E-state index contributed by atoms with van der Waals surface area (Å²) in [6.45, 7) is 2.62. The van der Waals surface area contributed by atoms with Crippen LogP contribution in [0.3, 0.4) is 0 Å². The van der Waals surface area contributed by atoms with Crippen LogP contribution in [0, 0.1) is 0 Å². The molecule has 2 fully saturated rings. The fourth-order valence-electron chi connectivity index (χ4n) is 9.71. The highest BCUT2D eigenvalue weighted by Gasteiger charge is 2.51. The minimum Gasteiger partial charge on any atom is -0.394 e.